The minimum atomic E-state index is -1.43. The van der Waals surface area contributed by atoms with Gasteiger partial charge in [0.15, 0.2) is 0 Å². The van der Waals surface area contributed by atoms with Gasteiger partial charge in [-0.05, 0) is 25.0 Å². The smallest absolute Gasteiger partial charge is 0.312 e. The summed E-state index contributed by atoms with van der Waals surface area (Å²) in [6.45, 7) is 3.53. The summed E-state index contributed by atoms with van der Waals surface area (Å²) in [5, 5.41) is 10.7. The van der Waals surface area contributed by atoms with Crippen molar-refractivity contribution in [2.24, 2.45) is 5.92 Å². The number of hydrogen-bond acceptors (Lipinski definition) is 4. The van der Waals surface area contributed by atoms with Gasteiger partial charge >= 0.3 is 5.97 Å². The molecular formula is C13H18FNO3. The average molecular weight is 255 g/mol. The van der Waals surface area contributed by atoms with Crippen LogP contribution in [0.1, 0.15) is 32.4 Å². The zero-order chi connectivity index (χ0) is 13.8. The van der Waals surface area contributed by atoms with Crippen LogP contribution in [0.3, 0.4) is 0 Å². The Bertz CT molecular complexity index is 407. The number of esters is 1. The number of pyridine rings is 1. The number of hydrogen-bond donors (Lipinski definition) is 1. The van der Waals surface area contributed by atoms with Crippen molar-refractivity contribution in [3.05, 3.63) is 29.8 Å². The molecule has 0 aliphatic carbocycles. The summed E-state index contributed by atoms with van der Waals surface area (Å²) in [6.07, 6.45) is 1.73. The molecule has 0 spiro atoms. The monoisotopic (exact) mass is 255 g/mol. The molecule has 2 atom stereocenters. The first kappa shape index (κ1) is 14.6. The molecule has 2 unspecified atom stereocenters. The number of carbonyl (C=O) groups excluding carboxylic acids is 1. The normalized spacial score (nSPS) is 15.8. The van der Waals surface area contributed by atoms with Gasteiger partial charge in [0.25, 0.3) is 0 Å². The zero-order valence-corrected chi connectivity index (χ0v) is 10.8. The van der Waals surface area contributed by atoms with Crippen LogP contribution in [0.2, 0.25) is 0 Å². The lowest BCUT2D eigenvalue weighted by molar-refractivity contribution is -0.158. The van der Waals surface area contributed by atoms with Gasteiger partial charge in [-0.3, -0.25) is 9.78 Å². The van der Waals surface area contributed by atoms with Gasteiger partial charge in [-0.2, -0.15) is 0 Å². The van der Waals surface area contributed by atoms with E-state index in [2.05, 4.69) is 4.98 Å². The highest BCUT2D eigenvalue weighted by molar-refractivity contribution is 5.74. The minimum absolute atomic E-state index is 0.281. The molecule has 1 heterocycles. The van der Waals surface area contributed by atoms with Gasteiger partial charge in [-0.25, -0.2) is 4.39 Å². The third-order valence-corrected chi connectivity index (χ3v) is 3.18. The fourth-order valence-electron chi connectivity index (χ4n) is 2.08. The number of aromatic nitrogens is 1. The van der Waals surface area contributed by atoms with E-state index < -0.39 is 23.3 Å². The number of methoxy groups -OCH3 is 1. The van der Waals surface area contributed by atoms with Crippen LogP contribution < -0.4 is 0 Å². The maximum atomic E-state index is 12.9. The highest BCUT2D eigenvalue weighted by Crippen LogP contribution is 2.34. The van der Waals surface area contributed by atoms with Crippen molar-refractivity contribution in [2.75, 3.05) is 7.11 Å². The fraction of sp³-hybridized carbons (Fsp3) is 0.538. The molecule has 0 amide bonds. The van der Waals surface area contributed by atoms with Crippen LogP contribution in [-0.4, -0.2) is 23.2 Å². The summed E-state index contributed by atoms with van der Waals surface area (Å²) in [5.74, 6) is -1.69. The molecule has 1 N–H and O–H groups in total. The van der Waals surface area contributed by atoms with Gasteiger partial charge in [0, 0.05) is 0 Å². The summed E-state index contributed by atoms with van der Waals surface area (Å²) in [5.41, 5.74) is -1.15. The summed E-state index contributed by atoms with van der Waals surface area (Å²) < 4.78 is 17.5. The Morgan fingerprint density at radius 2 is 2.22 bits per heavy atom. The maximum absolute atomic E-state index is 12.9. The Morgan fingerprint density at radius 1 is 1.56 bits per heavy atom. The summed E-state index contributed by atoms with van der Waals surface area (Å²) in [7, 11) is 1.28. The van der Waals surface area contributed by atoms with Gasteiger partial charge in [0.1, 0.15) is 11.4 Å². The summed E-state index contributed by atoms with van der Waals surface area (Å²) in [6, 6.07) is 2.61. The number of nitrogens with zero attached hydrogens (tertiary/aromatic N) is 1. The van der Waals surface area contributed by atoms with Crippen LogP contribution in [0.5, 0.6) is 0 Å². The van der Waals surface area contributed by atoms with Crippen molar-refractivity contribution in [2.45, 2.75) is 32.3 Å². The highest BCUT2D eigenvalue weighted by atomic mass is 19.1. The Hall–Kier alpha value is -1.49. The molecule has 5 heteroatoms. The number of aliphatic hydroxyl groups is 1. The molecule has 4 nitrogen and oxygen atoms in total. The number of rotatable bonds is 5. The van der Waals surface area contributed by atoms with E-state index in [-0.39, 0.29) is 5.69 Å². The minimum Gasteiger partial charge on any atom is -0.469 e. The van der Waals surface area contributed by atoms with E-state index in [9.17, 15) is 14.3 Å². The molecule has 1 rings (SSSR count). The predicted octanol–water partition coefficient (Wildman–Crippen LogP) is 2.02. The van der Waals surface area contributed by atoms with Crippen molar-refractivity contribution < 1.29 is 19.0 Å². The molecule has 0 aliphatic heterocycles. The molecule has 100 valence electrons. The quantitative estimate of drug-likeness (QED) is 0.818. The number of ether oxygens (including phenoxy) is 1. The zero-order valence-electron chi connectivity index (χ0n) is 10.8. The van der Waals surface area contributed by atoms with E-state index in [1.54, 1.807) is 13.8 Å². The van der Waals surface area contributed by atoms with Crippen molar-refractivity contribution >= 4 is 5.97 Å². The molecule has 18 heavy (non-hydrogen) atoms. The first-order chi connectivity index (χ1) is 8.49. The van der Waals surface area contributed by atoms with Crippen molar-refractivity contribution in [1.82, 2.24) is 4.98 Å². The molecular weight excluding hydrogens is 237 g/mol. The third-order valence-electron chi connectivity index (χ3n) is 3.18. The highest BCUT2D eigenvalue weighted by Gasteiger charge is 2.42. The van der Waals surface area contributed by atoms with E-state index in [0.29, 0.717) is 12.8 Å². The SMILES string of the molecule is CCC(C(=O)OC)C(O)(CC)c1ccc(F)cn1. The van der Waals surface area contributed by atoms with E-state index in [4.69, 9.17) is 4.74 Å². The van der Waals surface area contributed by atoms with Gasteiger partial charge in [0.05, 0.1) is 24.9 Å². The first-order valence-corrected chi connectivity index (χ1v) is 5.91. The molecule has 1 aromatic heterocycles. The lowest BCUT2D eigenvalue weighted by atomic mass is 9.80. The Kier molecular flexibility index (Phi) is 4.78. The van der Waals surface area contributed by atoms with Gasteiger partial charge in [0.2, 0.25) is 0 Å². The van der Waals surface area contributed by atoms with Crippen molar-refractivity contribution in [3.8, 4) is 0 Å². The van der Waals surface area contributed by atoms with Crippen molar-refractivity contribution in [1.29, 1.82) is 0 Å². The van der Waals surface area contributed by atoms with Crippen molar-refractivity contribution in [3.63, 3.8) is 0 Å². The summed E-state index contributed by atoms with van der Waals surface area (Å²) >= 11 is 0. The lowest BCUT2D eigenvalue weighted by Gasteiger charge is -2.32. The van der Waals surface area contributed by atoms with Crippen LogP contribution in [0.4, 0.5) is 4.39 Å². The van der Waals surface area contributed by atoms with Crippen LogP contribution in [-0.2, 0) is 15.1 Å². The van der Waals surface area contributed by atoms with Crippen LogP contribution in [0.15, 0.2) is 18.3 Å². The van der Waals surface area contributed by atoms with E-state index in [0.717, 1.165) is 6.20 Å². The Morgan fingerprint density at radius 3 is 2.61 bits per heavy atom. The Balaban J connectivity index is 3.17. The largest absolute Gasteiger partial charge is 0.469 e. The molecule has 0 aliphatic rings. The van der Waals surface area contributed by atoms with Crippen LogP contribution >= 0.6 is 0 Å². The fourth-order valence-corrected chi connectivity index (χ4v) is 2.08. The molecule has 0 bridgehead atoms. The van der Waals surface area contributed by atoms with Crippen LogP contribution in [0.25, 0.3) is 0 Å². The molecule has 1 aromatic rings. The predicted molar refractivity (Wildman–Crippen MR) is 64.2 cm³/mol. The first-order valence-electron chi connectivity index (χ1n) is 5.91. The standard InChI is InChI=1S/C13H18FNO3/c1-4-10(12(16)18-3)13(17,5-2)11-7-6-9(14)8-15-11/h6-8,10,17H,4-5H2,1-3H3. The van der Waals surface area contributed by atoms with Gasteiger partial charge in [-0.15, -0.1) is 0 Å². The molecule has 0 fully saturated rings. The molecule has 0 saturated heterocycles. The summed E-state index contributed by atoms with van der Waals surface area (Å²) in [4.78, 5) is 15.6. The van der Waals surface area contributed by atoms with E-state index in [1.807, 2.05) is 0 Å². The van der Waals surface area contributed by atoms with E-state index >= 15 is 0 Å². The van der Waals surface area contributed by atoms with Crippen LogP contribution in [0, 0.1) is 11.7 Å². The van der Waals surface area contributed by atoms with E-state index in [1.165, 1.54) is 19.2 Å². The second-order valence-electron chi connectivity index (χ2n) is 4.12. The molecule has 0 saturated carbocycles. The number of halogens is 1. The van der Waals surface area contributed by atoms with Gasteiger partial charge in [-0.1, -0.05) is 13.8 Å². The second kappa shape index (κ2) is 5.91. The second-order valence-corrected chi connectivity index (χ2v) is 4.12. The van der Waals surface area contributed by atoms with Gasteiger partial charge < -0.3 is 9.84 Å². The number of carbonyl (C=O) groups is 1. The Labute approximate surface area is 106 Å². The molecule has 0 radical (unpaired) electrons. The maximum Gasteiger partial charge on any atom is 0.312 e. The lowest BCUT2D eigenvalue weighted by Crippen LogP contribution is -2.40. The molecule has 0 aromatic carbocycles. The topological polar surface area (TPSA) is 59.4 Å². The third kappa shape index (κ3) is 2.67. The average Bonchev–Trinajstić information content (AvgIpc) is 2.39.